The number of amides is 2. The van der Waals surface area contributed by atoms with Gasteiger partial charge in [0, 0.05) is 31.5 Å². The summed E-state index contributed by atoms with van der Waals surface area (Å²) in [6.07, 6.45) is 0.234. The minimum absolute atomic E-state index is 0.0461. The zero-order valence-corrected chi connectivity index (χ0v) is 11.8. The standard InChI is InChI=1S/C13H24N2O4/c1-9(6-11(17)18)7-14-12(19)15-5-4-10(16)13(2,3)8-15/h9-10,16H,4-8H2,1-3H3,(H,14,19)(H,17,18). The van der Waals surface area contributed by atoms with Gasteiger partial charge < -0.3 is 20.4 Å². The third-order valence-corrected chi connectivity index (χ3v) is 3.58. The maximum atomic E-state index is 12.0. The summed E-state index contributed by atoms with van der Waals surface area (Å²) in [4.78, 5) is 24.2. The zero-order valence-electron chi connectivity index (χ0n) is 11.8. The smallest absolute Gasteiger partial charge is 0.317 e. The van der Waals surface area contributed by atoms with Crippen molar-refractivity contribution in [2.45, 2.75) is 39.7 Å². The van der Waals surface area contributed by atoms with Gasteiger partial charge in [0.1, 0.15) is 0 Å². The first-order valence-electron chi connectivity index (χ1n) is 6.65. The molecule has 1 saturated heterocycles. The third-order valence-electron chi connectivity index (χ3n) is 3.58. The van der Waals surface area contributed by atoms with Crippen LogP contribution in [0, 0.1) is 11.3 Å². The van der Waals surface area contributed by atoms with E-state index in [1.807, 2.05) is 13.8 Å². The summed E-state index contributed by atoms with van der Waals surface area (Å²) in [5.41, 5.74) is -0.303. The molecule has 0 saturated carbocycles. The predicted molar refractivity (Wildman–Crippen MR) is 70.8 cm³/mol. The minimum atomic E-state index is -0.857. The molecule has 1 aliphatic heterocycles. The van der Waals surface area contributed by atoms with Gasteiger partial charge in [-0.3, -0.25) is 4.79 Å². The lowest BCUT2D eigenvalue weighted by atomic mass is 9.81. The second-order valence-electron chi connectivity index (χ2n) is 6.10. The SMILES string of the molecule is CC(CNC(=O)N1CCC(O)C(C)(C)C1)CC(=O)O. The summed E-state index contributed by atoms with van der Waals surface area (Å²) in [5.74, 6) is -0.950. The number of piperidine rings is 1. The van der Waals surface area contributed by atoms with Crippen molar-refractivity contribution in [3.8, 4) is 0 Å². The zero-order chi connectivity index (χ0) is 14.6. The molecular formula is C13H24N2O4. The highest BCUT2D eigenvalue weighted by molar-refractivity contribution is 5.74. The molecule has 1 heterocycles. The van der Waals surface area contributed by atoms with E-state index in [2.05, 4.69) is 5.32 Å². The van der Waals surface area contributed by atoms with Gasteiger partial charge in [-0.2, -0.15) is 0 Å². The van der Waals surface area contributed by atoms with Gasteiger partial charge >= 0.3 is 12.0 Å². The van der Waals surface area contributed by atoms with Crippen molar-refractivity contribution in [3.05, 3.63) is 0 Å². The van der Waals surface area contributed by atoms with E-state index in [0.717, 1.165) is 0 Å². The van der Waals surface area contributed by atoms with E-state index in [4.69, 9.17) is 5.11 Å². The molecule has 2 amide bonds. The van der Waals surface area contributed by atoms with E-state index in [0.29, 0.717) is 26.1 Å². The Morgan fingerprint density at radius 3 is 2.63 bits per heavy atom. The summed E-state index contributed by atoms with van der Waals surface area (Å²) in [6.45, 7) is 7.05. The number of aliphatic hydroxyl groups excluding tert-OH is 1. The van der Waals surface area contributed by atoms with Crippen LogP contribution in [0.15, 0.2) is 0 Å². The van der Waals surface area contributed by atoms with E-state index < -0.39 is 5.97 Å². The Labute approximate surface area is 113 Å². The fourth-order valence-electron chi connectivity index (χ4n) is 2.26. The Hall–Kier alpha value is -1.30. The molecule has 2 atom stereocenters. The first-order valence-corrected chi connectivity index (χ1v) is 6.65. The average Bonchev–Trinajstić information content (AvgIpc) is 2.28. The highest BCUT2D eigenvalue weighted by Crippen LogP contribution is 2.28. The summed E-state index contributed by atoms with van der Waals surface area (Å²) in [7, 11) is 0. The van der Waals surface area contributed by atoms with Gasteiger partial charge in [-0.25, -0.2) is 4.79 Å². The molecule has 6 heteroatoms. The molecular weight excluding hydrogens is 248 g/mol. The highest BCUT2D eigenvalue weighted by atomic mass is 16.4. The van der Waals surface area contributed by atoms with Gasteiger partial charge in [0.15, 0.2) is 0 Å². The Bertz CT molecular complexity index is 344. The Balaban J connectivity index is 2.40. The number of carboxylic acids is 1. The molecule has 2 unspecified atom stereocenters. The first kappa shape index (κ1) is 15.8. The van der Waals surface area contributed by atoms with Crippen LogP contribution in [0.1, 0.15) is 33.6 Å². The number of likely N-dealkylation sites (tertiary alicyclic amines) is 1. The van der Waals surface area contributed by atoms with Crippen LogP contribution in [0.5, 0.6) is 0 Å². The van der Waals surface area contributed by atoms with Crippen molar-refractivity contribution in [2.75, 3.05) is 19.6 Å². The van der Waals surface area contributed by atoms with Gasteiger partial charge in [0.2, 0.25) is 0 Å². The van der Waals surface area contributed by atoms with Gasteiger partial charge in [0.25, 0.3) is 0 Å². The number of aliphatic hydroxyl groups is 1. The summed E-state index contributed by atoms with van der Waals surface area (Å²) >= 11 is 0. The maximum Gasteiger partial charge on any atom is 0.317 e. The number of hydrogen-bond donors (Lipinski definition) is 3. The van der Waals surface area contributed by atoms with Crippen LogP contribution in [0.2, 0.25) is 0 Å². The second-order valence-corrected chi connectivity index (χ2v) is 6.10. The number of hydrogen-bond acceptors (Lipinski definition) is 3. The largest absolute Gasteiger partial charge is 0.481 e. The number of carbonyl (C=O) groups is 2. The van der Waals surface area contributed by atoms with Crippen molar-refractivity contribution < 1.29 is 19.8 Å². The molecule has 0 radical (unpaired) electrons. The van der Waals surface area contributed by atoms with E-state index in [9.17, 15) is 14.7 Å². The van der Waals surface area contributed by atoms with Gasteiger partial charge in [-0.1, -0.05) is 20.8 Å². The van der Waals surface area contributed by atoms with Crippen LogP contribution in [0.25, 0.3) is 0 Å². The van der Waals surface area contributed by atoms with Crippen molar-refractivity contribution >= 4 is 12.0 Å². The molecule has 1 aliphatic rings. The van der Waals surface area contributed by atoms with E-state index >= 15 is 0 Å². The number of carbonyl (C=O) groups excluding carboxylic acids is 1. The molecule has 1 fully saturated rings. The number of rotatable bonds is 4. The monoisotopic (exact) mass is 272 g/mol. The molecule has 110 valence electrons. The van der Waals surface area contributed by atoms with Crippen molar-refractivity contribution in [3.63, 3.8) is 0 Å². The Kier molecular flexibility index (Phi) is 5.17. The van der Waals surface area contributed by atoms with Gasteiger partial charge in [-0.05, 0) is 12.3 Å². The molecule has 0 bridgehead atoms. The normalized spacial score (nSPS) is 23.8. The van der Waals surface area contributed by atoms with Crippen molar-refractivity contribution in [1.29, 1.82) is 0 Å². The van der Waals surface area contributed by atoms with E-state index in [-0.39, 0.29) is 29.9 Å². The van der Waals surface area contributed by atoms with Crippen LogP contribution in [-0.4, -0.2) is 52.9 Å². The van der Waals surface area contributed by atoms with Crippen molar-refractivity contribution in [1.82, 2.24) is 10.2 Å². The lowest BCUT2D eigenvalue weighted by Gasteiger charge is -2.41. The Morgan fingerprint density at radius 1 is 1.47 bits per heavy atom. The molecule has 0 aliphatic carbocycles. The number of carboxylic acid groups (broad SMARTS) is 1. The molecule has 3 N–H and O–H groups in total. The third kappa shape index (κ3) is 4.70. The maximum absolute atomic E-state index is 12.0. The minimum Gasteiger partial charge on any atom is -0.481 e. The second kappa shape index (κ2) is 6.23. The molecule has 1 rings (SSSR count). The quantitative estimate of drug-likeness (QED) is 0.709. The highest BCUT2D eigenvalue weighted by Gasteiger charge is 2.36. The van der Waals surface area contributed by atoms with E-state index in [1.54, 1.807) is 11.8 Å². The average molecular weight is 272 g/mol. The summed E-state index contributed by atoms with van der Waals surface area (Å²) < 4.78 is 0. The molecule has 19 heavy (non-hydrogen) atoms. The molecule has 0 spiro atoms. The van der Waals surface area contributed by atoms with Gasteiger partial charge in [0.05, 0.1) is 6.10 Å². The fourth-order valence-corrected chi connectivity index (χ4v) is 2.26. The van der Waals surface area contributed by atoms with Crippen molar-refractivity contribution in [2.24, 2.45) is 11.3 Å². The summed E-state index contributed by atoms with van der Waals surface area (Å²) in [5, 5.41) is 21.2. The van der Waals surface area contributed by atoms with Crippen LogP contribution < -0.4 is 5.32 Å². The number of nitrogens with one attached hydrogen (secondary N) is 1. The molecule has 0 aromatic heterocycles. The van der Waals surface area contributed by atoms with E-state index in [1.165, 1.54) is 0 Å². The number of nitrogens with zero attached hydrogens (tertiary/aromatic N) is 1. The topological polar surface area (TPSA) is 89.9 Å². The lowest BCUT2D eigenvalue weighted by Crippen LogP contribution is -2.53. The van der Waals surface area contributed by atoms with Gasteiger partial charge in [-0.15, -0.1) is 0 Å². The van der Waals surface area contributed by atoms with Crippen LogP contribution in [-0.2, 0) is 4.79 Å². The summed E-state index contributed by atoms with van der Waals surface area (Å²) in [6, 6.07) is -0.183. The van der Waals surface area contributed by atoms with Crippen LogP contribution >= 0.6 is 0 Å². The Morgan fingerprint density at radius 2 is 2.11 bits per heavy atom. The van der Waals surface area contributed by atoms with Crippen LogP contribution in [0.4, 0.5) is 4.79 Å². The van der Waals surface area contributed by atoms with Crippen LogP contribution in [0.3, 0.4) is 0 Å². The number of aliphatic carboxylic acids is 1. The predicted octanol–water partition coefficient (Wildman–Crippen LogP) is 0.900. The fraction of sp³-hybridized carbons (Fsp3) is 0.846. The molecule has 6 nitrogen and oxygen atoms in total. The lowest BCUT2D eigenvalue weighted by molar-refractivity contribution is -0.137. The molecule has 0 aromatic rings. The first-order chi connectivity index (χ1) is 8.72. The molecule has 0 aromatic carbocycles. The number of urea groups is 1.